The van der Waals surface area contributed by atoms with Crippen LogP contribution in [0.15, 0.2) is 66.7 Å². The van der Waals surface area contributed by atoms with Gasteiger partial charge in [0.2, 0.25) is 0 Å². The first kappa shape index (κ1) is 23.1. The molecule has 9 heteroatoms. The molecule has 4 rings (SSSR count). The molecule has 0 unspecified atom stereocenters. The van der Waals surface area contributed by atoms with Crippen LogP contribution in [0.4, 0.5) is 4.39 Å². The van der Waals surface area contributed by atoms with E-state index < -0.39 is 12.6 Å². The van der Waals surface area contributed by atoms with Gasteiger partial charge in [-0.05, 0) is 54.6 Å². The van der Waals surface area contributed by atoms with Crippen LogP contribution in [0.3, 0.4) is 0 Å². The van der Waals surface area contributed by atoms with Gasteiger partial charge in [0.15, 0.2) is 18.1 Å². The van der Waals surface area contributed by atoms with Crippen molar-refractivity contribution in [1.82, 2.24) is 9.78 Å². The first-order valence-corrected chi connectivity index (χ1v) is 10.5. The summed E-state index contributed by atoms with van der Waals surface area (Å²) in [6.07, 6.45) is 0. The number of hydrogen-bond acceptors (Lipinski definition) is 5. The SMILES string of the molecule is COc1cc(OCC(=O)O)c(-c2cc(-c3ccc(F)cc3)n(-c3cccc(Cl)c3)n2)cc1OC. The molecule has 1 heterocycles. The minimum absolute atomic E-state index is 0.251. The average Bonchev–Trinajstić information content (AvgIpc) is 3.28. The van der Waals surface area contributed by atoms with Crippen molar-refractivity contribution in [3.63, 3.8) is 0 Å². The molecule has 1 N–H and O–H groups in total. The van der Waals surface area contributed by atoms with Gasteiger partial charge >= 0.3 is 5.97 Å². The van der Waals surface area contributed by atoms with E-state index in [2.05, 4.69) is 0 Å². The lowest BCUT2D eigenvalue weighted by atomic mass is 10.1. The first-order valence-electron chi connectivity index (χ1n) is 10.1. The van der Waals surface area contributed by atoms with Gasteiger partial charge in [-0.15, -0.1) is 0 Å². The fraction of sp³-hybridized carbons (Fsp3) is 0.120. The van der Waals surface area contributed by atoms with E-state index in [-0.39, 0.29) is 11.6 Å². The van der Waals surface area contributed by atoms with Crippen LogP contribution in [0.2, 0.25) is 5.02 Å². The second-order valence-corrected chi connectivity index (χ2v) is 7.64. The molecule has 0 saturated carbocycles. The highest BCUT2D eigenvalue weighted by molar-refractivity contribution is 6.30. The molecular weight excluding hydrogens is 463 g/mol. The number of aromatic nitrogens is 2. The molecule has 34 heavy (non-hydrogen) atoms. The number of carboxylic acids is 1. The Labute approximate surface area is 199 Å². The Morgan fingerprint density at radius 1 is 1.00 bits per heavy atom. The Hall–Kier alpha value is -4.04. The van der Waals surface area contributed by atoms with Crippen LogP contribution in [0.1, 0.15) is 0 Å². The second-order valence-electron chi connectivity index (χ2n) is 7.20. The van der Waals surface area contributed by atoms with E-state index in [0.29, 0.717) is 44.7 Å². The zero-order valence-corrected chi connectivity index (χ0v) is 19.0. The van der Waals surface area contributed by atoms with Crippen molar-refractivity contribution in [3.05, 3.63) is 77.6 Å². The van der Waals surface area contributed by atoms with Crippen molar-refractivity contribution in [2.75, 3.05) is 20.8 Å². The highest BCUT2D eigenvalue weighted by atomic mass is 35.5. The summed E-state index contributed by atoms with van der Waals surface area (Å²) in [4.78, 5) is 11.1. The lowest BCUT2D eigenvalue weighted by Gasteiger charge is -2.14. The van der Waals surface area contributed by atoms with Crippen LogP contribution >= 0.6 is 11.6 Å². The molecule has 0 aliphatic carbocycles. The quantitative estimate of drug-likeness (QED) is 0.358. The summed E-state index contributed by atoms with van der Waals surface area (Å²) in [5.74, 6) is -0.443. The molecule has 0 fully saturated rings. The molecule has 0 aliphatic heterocycles. The smallest absolute Gasteiger partial charge is 0.341 e. The normalized spacial score (nSPS) is 10.7. The summed E-state index contributed by atoms with van der Waals surface area (Å²) in [5, 5.41) is 14.4. The second kappa shape index (κ2) is 9.84. The summed E-state index contributed by atoms with van der Waals surface area (Å²) >= 11 is 6.21. The fourth-order valence-corrected chi connectivity index (χ4v) is 3.65. The van der Waals surface area contributed by atoms with Gasteiger partial charge in [-0.2, -0.15) is 5.10 Å². The Balaban J connectivity index is 1.93. The summed E-state index contributed by atoms with van der Waals surface area (Å²) in [6.45, 7) is -0.553. The highest BCUT2D eigenvalue weighted by Crippen LogP contribution is 2.41. The van der Waals surface area contributed by atoms with E-state index in [1.165, 1.54) is 26.4 Å². The standard InChI is InChI=1S/C25H20ClFN2O5/c1-32-23-11-19(22(13-24(23)33-2)34-14-25(30)31)20-12-21(15-6-8-17(27)9-7-15)29(28-20)18-5-3-4-16(26)10-18/h3-13H,14H2,1-2H3,(H,30,31). The van der Waals surface area contributed by atoms with E-state index in [9.17, 15) is 9.18 Å². The predicted octanol–water partition coefficient (Wildman–Crippen LogP) is 5.48. The molecule has 0 radical (unpaired) electrons. The molecule has 0 bridgehead atoms. The lowest BCUT2D eigenvalue weighted by molar-refractivity contribution is -0.139. The third-order valence-electron chi connectivity index (χ3n) is 5.01. The van der Waals surface area contributed by atoms with E-state index in [0.717, 1.165) is 0 Å². The summed E-state index contributed by atoms with van der Waals surface area (Å²) in [7, 11) is 2.97. The predicted molar refractivity (Wildman–Crippen MR) is 126 cm³/mol. The maximum absolute atomic E-state index is 13.6. The van der Waals surface area contributed by atoms with Crippen LogP contribution in [-0.2, 0) is 4.79 Å². The number of aliphatic carboxylic acids is 1. The number of ether oxygens (including phenoxy) is 3. The third kappa shape index (κ3) is 4.82. The third-order valence-corrected chi connectivity index (χ3v) is 5.25. The molecule has 0 spiro atoms. The maximum Gasteiger partial charge on any atom is 0.341 e. The van der Waals surface area contributed by atoms with Crippen LogP contribution < -0.4 is 14.2 Å². The van der Waals surface area contributed by atoms with Crippen molar-refractivity contribution in [1.29, 1.82) is 0 Å². The number of carboxylic acid groups (broad SMARTS) is 1. The van der Waals surface area contributed by atoms with Gasteiger partial charge in [-0.3, -0.25) is 0 Å². The molecule has 174 valence electrons. The molecule has 7 nitrogen and oxygen atoms in total. The number of hydrogen-bond donors (Lipinski definition) is 1. The van der Waals surface area contributed by atoms with Crippen LogP contribution in [0.5, 0.6) is 17.2 Å². The summed E-state index contributed by atoms with van der Waals surface area (Å²) in [5.41, 5.74) is 3.03. The van der Waals surface area contributed by atoms with Gasteiger partial charge < -0.3 is 19.3 Å². The number of halogens is 2. The Morgan fingerprint density at radius 3 is 2.35 bits per heavy atom. The van der Waals surface area contributed by atoms with Gasteiger partial charge in [-0.25, -0.2) is 13.9 Å². The van der Waals surface area contributed by atoms with Gasteiger partial charge in [0, 0.05) is 22.2 Å². The summed E-state index contributed by atoms with van der Waals surface area (Å²) in [6, 6.07) is 18.2. The molecule has 0 atom stereocenters. The maximum atomic E-state index is 13.6. The van der Waals surface area contributed by atoms with Gasteiger partial charge in [0.1, 0.15) is 11.6 Å². The van der Waals surface area contributed by atoms with Gasteiger partial charge in [-0.1, -0.05) is 17.7 Å². The Kier molecular flexibility index (Phi) is 6.70. The molecule has 0 saturated heterocycles. The Bertz CT molecular complexity index is 1340. The molecule has 4 aromatic rings. The topological polar surface area (TPSA) is 82.8 Å². The molecule has 0 amide bonds. The van der Waals surface area contributed by atoms with Crippen molar-refractivity contribution < 1.29 is 28.5 Å². The number of benzene rings is 3. The van der Waals surface area contributed by atoms with Crippen LogP contribution in [0, 0.1) is 5.82 Å². The minimum atomic E-state index is -1.13. The average molecular weight is 483 g/mol. The Morgan fingerprint density at radius 2 is 1.71 bits per heavy atom. The zero-order chi connectivity index (χ0) is 24.2. The number of nitrogens with zero attached hydrogens (tertiary/aromatic N) is 2. The molecule has 1 aromatic heterocycles. The van der Waals surface area contributed by atoms with Crippen molar-refractivity contribution in [3.8, 4) is 45.5 Å². The largest absolute Gasteiger partial charge is 0.493 e. The van der Waals surface area contributed by atoms with E-state index in [1.807, 2.05) is 6.07 Å². The monoisotopic (exact) mass is 482 g/mol. The number of carbonyl (C=O) groups is 1. The van der Waals surface area contributed by atoms with E-state index in [1.54, 1.807) is 53.2 Å². The molecular formula is C25H20ClFN2O5. The summed E-state index contributed by atoms with van der Waals surface area (Å²) < 4.78 is 31.5. The van der Waals surface area contributed by atoms with E-state index >= 15 is 0 Å². The van der Waals surface area contributed by atoms with E-state index in [4.69, 9.17) is 36.0 Å². The van der Waals surface area contributed by atoms with Gasteiger partial charge in [0.05, 0.1) is 31.3 Å². The number of methoxy groups -OCH3 is 2. The highest BCUT2D eigenvalue weighted by Gasteiger charge is 2.20. The van der Waals surface area contributed by atoms with Crippen molar-refractivity contribution >= 4 is 17.6 Å². The van der Waals surface area contributed by atoms with Crippen LogP contribution in [0.25, 0.3) is 28.2 Å². The van der Waals surface area contributed by atoms with Crippen molar-refractivity contribution in [2.45, 2.75) is 0 Å². The minimum Gasteiger partial charge on any atom is -0.493 e. The first-order chi connectivity index (χ1) is 16.4. The molecule has 3 aromatic carbocycles. The van der Waals surface area contributed by atoms with Crippen LogP contribution in [-0.4, -0.2) is 41.7 Å². The lowest BCUT2D eigenvalue weighted by Crippen LogP contribution is -2.10. The van der Waals surface area contributed by atoms with Gasteiger partial charge in [0.25, 0.3) is 0 Å². The zero-order valence-electron chi connectivity index (χ0n) is 18.3. The van der Waals surface area contributed by atoms with Crippen molar-refractivity contribution in [2.24, 2.45) is 0 Å². The number of rotatable bonds is 8. The fourth-order valence-electron chi connectivity index (χ4n) is 3.46. The molecule has 0 aliphatic rings.